The molecule has 1 aromatic carbocycles. The number of anilines is 1. The zero-order valence-corrected chi connectivity index (χ0v) is 12.9. The van der Waals surface area contributed by atoms with E-state index < -0.39 is 30.5 Å². The number of hydrogen-bond acceptors (Lipinski definition) is 4. The van der Waals surface area contributed by atoms with Crippen molar-refractivity contribution in [3.05, 3.63) is 36.9 Å². The summed E-state index contributed by atoms with van der Waals surface area (Å²) in [5.74, 6) is -2.02. The molecule has 1 N–H and O–H groups in total. The van der Waals surface area contributed by atoms with Crippen LogP contribution in [0.15, 0.2) is 36.9 Å². The number of halogens is 3. The molecule has 2 amide bonds. The molecule has 0 spiro atoms. The third kappa shape index (κ3) is 3.95. The molecule has 3 rings (SSSR count). The maximum absolute atomic E-state index is 12.5. The Hall–Kier alpha value is -2.91. The summed E-state index contributed by atoms with van der Waals surface area (Å²) < 4.78 is 38.8. The number of rotatable bonds is 4. The Bertz CT molecular complexity index is 776. The SMILES string of the molecule is O=C(Nc1ccccc1-n1cncn1)C1CC(=O)N(CC(F)(F)F)C1. The maximum atomic E-state index is 12.5. The summed E-state index contributed by atoms with van der Waals surface area (Å²) in [7, 11) is 0. The average Bonchev–Trinajstić information content (AvgIpc) is 3.17. The van der Waals surface area contributed by atoms with Crippen LogP contribution in [0.2, 0.25) is 0 Å². The monoisotopic (exact) mass is 353 g/mol. The van der Waals surface area contributed by atoms with Crippen LogP contribution in [-0.4, -0.2) is 50.7 Å². The van der Waals surface area contributed by atoms with Gasteiger partial charge >= 0.3 is 6.18 Å². The molecule has 0 saturated carbocycles. The number of nitrogens with one attached hydrogen (secondary N) is 1. The number of aromatic nitrogens is 3. The lowest BCUT2D eigenvalue weighted by Crippen LogP contribution is -2.36. The Morgan fingerprint density at radius 1 is 1.32 bits per heavy atom. The van der Waals surface area contributed by atoms with Gasteiger partial charge in [-0.1, -0.05) is 12.1 Å². The van der Waals surface area contributed by atoms with Crippen LogP contribution >= 0.6 is 0 Å². The minimum atomic E-state index is -4.49. The average molecular weight is 353 g/mol. The van der Waals surface area contributed by atoms with E-state index in [1.54, 1.807) is 24.3 Å². The van der Waals surface area contributed by atoms with Crippen molar-refractivity contribution in [3.63, 3.8) is 0 Å². The third-order valence-electron chi connectivity index (χ3n) is 3.78. The molecular weight excluding hydrogens is 339 g/mol. The summed E-state index contributed by atoms with van der Waals surface area (Å²) in [5, 5.41) is 6.64. The first-order valence-electron chi connectivity index (χ1n) is 7.43. The fourth-order valence-corrected chi connectivity index (χ4v) is 2.66. The van der Waals surface area contributed by atoms with Gasteiger partial charge in [-0.05, 0) is 12.1 Å². The van der Waals surface area contributed by atoms with Crippen LogP contribution in [0.1, 0.15) is 6.42 Å². The van der Waals surface area contributed by atoms with Crippen LogP contribution < -0.4 is 5.32 Å². The molecule has 0 bridgehead atoms. The first-order valence-corrected chi connectivity index (χ1v) is 7.43. The third-order valence-corrected chi connectivity index (χ3v) is 3.78. The normalized spacial score (nSPS) is 17.8. The van der Waals surface area contributed by atoms with Gasteiger partial charge in [0.15, 0.2) is 0 Å². The molecule has 132 valence electrons. The van der Waals surface area contributed by atoms with E-state index in [-0.39, 0.29) is 13.0 Å². The number of nitrogens with zero attached hydrogens (tertiary/aromatic N) is 4. The zero-order chi connectivity index (χ0) is 18.0. The molecule has 25 heavy (non-hydrogen) atoms. The van der Waals surface area contributed by atoms with Crippen molar-refractivity contribution in [2.45, 2.75) is 12.6 Å². The Morgan fingerprint density at radius 2 is 2.08 bits per heavy atom. The minimum Gasteiger partial charge on any atom is -0.333 e. The van der Waals surface area contributed by atoms with Crippen molar-refractivity contribution >= 4 is 17.5 Å². The fourth-order valence-electron chi connectivity index (χ4n) is 2.66. The quantitative estimate of drug-likeness (QED) is 0.906. The molecule has 1 fully saturated rings. The molecule has 1 aliphatic heterocycles. The summed E-state index contributed by atoms with van der Waals surface area (Å²) in [6, 6.07) is 6.79. The van der Waals surface area contributed by atoms with Crippen molar-refractivity contribution in [2.24, 2.45) is 5.92 Å². The topological polar surface area (TPSA) is 80.1 Å². The fraction of sp³-hybridized carbons (Fsp3) is 0.333. The van der Waals surface area contributed by atoms with Crippen LogP contribution in [-0.2, 0) is 9.59 Å². The molecule has 2 aromatic rings. The van der Waals surface area contributed by atoms with Crippen LogP contribution in [0.4, 0.5) is 18.9 Å². The molecule has 2 heterocycles. The molecule has 1 aliphatic rings. The first-order chi connectivity index (χ1) is 11.8. The van der Waals surface area contributed by atoms with E-state index in [9.17, 15) is 22.8 Å². The van der Waals surface area contributed by atoms with E-state index in [4.69, 9.17) is 0 Å². The lowest BCUT2D eigenvalue weighted by molar-refractivity contribution is -0.157. The Morgan fingerprint density at radius 3 is 2.76 bits per heavy atom. The number of likely N-dealkylation sites (tertiary alicyclic amines) is 1. The van der Waals surface area contributed by atoms with Crippen LogP contribution in [0.3, 0.4) is 0 Å². The number of alkyl halides is 3. The van der Waals surface area contributed by atoms with E-state index in [0.29, 0.717) is 16.3 Å². The molecule has 0 radical (unpaired) electrons. The summed E-state index contributed by atoms with van der Waals surface area (Å²) >= 11 is 0. The van der Waals surface area contributed by atoms with Crippen molar-refractivity contribution in [1.29, 1.82) is 0 Å². The van der Waals surface area contributed by atoms with Gasteiger partial charge in [0.25, 0.3) is 0 Å². The standard InChI is InChI=1S/C15H14F3N5O2/c16-15(17,18)7-22-6-10(5-13(22)24)14(25)21-11-3-1-2-4-12(11)23-9-19-8-20-23/h1-4,8-10H,5-7H2,(H,21,25). The maximum Gasteiger partial charge on any atom is 0.406 e. The molecule has 1 aromatic heterocycles. The van der Waals surface area contributed by atoms with Crippen molar-refractivity contribution in [3.8, 4) is 5.69 Å². The van der Waals surface area contributed by atoms with E-state index in [1.165, 1.54) is 17.3 Å². The van der Waals surface area contributed by atoms with Gasteiger partial charge < -0.3 is 10.2 Å². The molecule has 10 heteroatoms. The lowest BCUT2D eigenvalue weighted by Gasteiger charge is -2.18. The lowest BCUT2D eigenvalue weighted by atomic mass is 10.1. The van der Waals surface area contributed by atoms with E-state index >= 15 is 0 Å². The highest BCUT2D eigenvalue weighted by Crippen LogP contribution is 2.26. The second-order valence-corrected chi connectivity index (χ2v) is 5.64. The molecule has 1 unspecified atom stereocenters. The minimum absolute atomic E-state index is 0.243. The molecule has 1 saturated heterocycles. The Kier molecular flexibility index (Phi) is 4.43. The summed E-state index contributed by atoms with van der Waals surface area (Å²) in [4.78, 5) is 28.6. The summed E-state index contributed by atoms with van der Waals surface area (Å²) in [6.07, 6.45) is -1.94. The predicted molar refractivity (Wildman–Crippen MR) is 80.7 cm³/mol. The Labute approximate surface area is 140 Å². The van der Waals surface area contributed by atoms with Crippen molar-refractivity contribution in [1.82, 2.24) is 19.7 Å². The molecule has 1 atom stereocenters. The molecule has 0 aliphatic carbocycles. The highest BCUT2D eigenvalue weighted by molar-refractivity contribution is 5.98. The number of benzene rings is 1. The van der Waals surface area contributed by atoms with Gasteiger partial charge in [-0.25, -0.2) is 9.67 Å². The summed E-state index contributed by atoms with van der Waals surface area (Å²) in [6.45, 7) is -1.60. The Balaban J connectivity index is 1.71. The van der Waals surface area contributed by atoms with E-state index in [0.717, 1.165) is 0 Å². The molecule has 7 nitrogen and oxygen atoms in total. The zero-order valence-electron chi connectivity index (χ0n) is 12.9. The van der Waals surface area contributed by atoms with Crippen LogP contribution in [0.5, 0.6) is 0 Å². The largest absolute Gasteiger partial charge is 0.406 e. The number of para-hydroxylation sites is 2. The molecular formula is C15H14F3N5O2. The smallest absolute Gasteiger partial charge is 0.333 e. The number of hydrogen-bond donors (Lipinski definition) is 1. The number of amides is 2. The van der Waals surface area contributed by atoms with E-state index in [2.05, 4.69) is 15.4 Å². The first kappa shape index (κ1) is 16.9. The van der Waals surface area contributed by atoms with Gasteiger partial charge in [-0.15, -0.1) is 0 Å². The van der Waals surface area contributed by atoms with Gasteiger partial charge in [0.2, 0.25) is 11.8 Å². The second kappa shape index (κ2) is 6.54. The van der Waals surface area contributed by atoms with E-state index in [1.807, 2.05) is 0 Å². The van der Waals surface area contributed by atoms with Gasteiger partial charge in [0, 0.05) is 13.0 Å². The van der Waals surface area contributed by atoms with Crippen LogP contribution in [0, 0.1) is 5.92 Å². The van der Waals surface area contributed by atoms with Crippen LogP contribution in [0.25, 0.3) is 5.69 Å². The second-order valence-electron chi connectivity index (χ2n) is 5.64. The van der Waals surface area contributed by atoms with Gasteiger partial charge in [-0.2, -0.15) is 18.3 Å². The predicted octanol–water partition coefficient (Wildman–Crippen LogP) is 1.62. The highest BCUT2D eigenvalue weighted by atomic mass is 19.4. The van der Waals surface area contributed by atoms with Crippen molar-refractivity contribution < 1.29 is 22.8 Å². The van der Waals surface area contributed by atoms with Crippen molar-refractivity contribution in [2.75, 3.05) is 18.4 Å². The highest BCUT2D eigenvalue weighted by Gasteiger charge is 2.40. The van der Waals surface area contributed by atoms with Gasteiger partial charge in [-0.3, -0.25) is 9.59 Å². The van der Waals surface area contributed by atoms with Gasteiger partial charge in [0.05, 0.1) is 17.3 Å². The number of carbonyl (C=O) groups is 2. The summed E-state index contributed by atoms with van der Waals surface area (Å²) in [5.41, 5.74) is 0.990. The number of carbonyl (C=O) groups excluding carboxylic acids is 2. The van der Waals surface area contributed by atoms with Gasteiger partial charge in [0.1, 0.15) is 19.2 Å².